The third-order valence-electron chi connectivity index (χ3n) is 5.52. The first-order valence-electron chi connectivity index (χ1n) is 13.3. The van der Waals surface area contributed by atoms with Gasteiger partial charge in [-0.25, -0.2) is 4.79 Å². The van der Waals surface area contributed by atoms with Gasteiger partial charge in [0.2, 0.25) is 23.6 Å². The van der Waals surface area contributed by atoms with Crippen LogP contribution >= 0.6 is 0 Å². The molecule has 0 bridgehead atoms. The third-order valence-corrected chi connectivity index (χ3v) is 5.52. The summed E-state index contributed by atoms with van der Waals surface area (Å²) in [6.07, 6.45) is -5.58. The average Bonchev–Trinajstić information content (AvgIpc) is 2.86. The molecule has 44 heavy (non-hydrogen) atoms. The standard InChI is InChI=1S/C25H39N5O14/c1-25(2,3)44-24(43)30-15(7-11-19(37)38)23(42)29-14(6-10-18(35)36)22(41)28-13(5-9-17(33)34)21(40)27-12(20(26)39)4-8-16(31)32/h12-15H,4-11H2,1-3H3,(H2,26,39)(H,27,40)(H,28,41)(H,29,42)(H,30,43)(H,31,32)(H,33,34)(H,35,36)(H,37,38)/t12-,13-,14-,15-/m0/s1. The van der Waals surface area contributed by atoms with Gasteiger partial charge in [-0.3, -0.25) is 38.4 Å². The highest BCUT2D eigenvalue weighted by molar-refractivity contribution is 5.95. The van der Waals surface area contributed by atoms with Crippen molar-refractivity contribution in [1.82, 2.24) is 21.3 Å². The second-order valence-corrected chi connectivity index (χ2v) is 10.5. The van der Waals surface area contributed by atoms with Crippen LogP contribution in [0.5, 0.6) is 0 Å². The van der Waals surface area contributed by atoms with Gasteiger partial charge in [0, 0.05) is 25.7 Å². The van der Waals surface area contributed by atoms with E-state index in [1.165, 1.54) is 20.8 Å². The molecule has 0 aliphatic rings. The molecule has 248 valence electrons. The van der Waals surface area contributed by atoms with Crippen LogP contribution in [0.1, 0.15) is 72.1 Å². The van der Waals surface area contributed by atoms with E-state index in [9.17, 15) is 43.2 Å². The van der Waals surface area contributed by atoms with Crippen molar-refractivity contribution in [2.24, 2.45) is 5.73 Å². The fraction of sp³-hybridized carbons (Fsp3) is 0.640. The lowest BCUT2D eigenvalue weighted by Gasteiger charge is -2.26. The summed E-state index contributed by atoms with van der Waals surface area (Å²) in [5, 5.41) is 44.8. The predicted octanol–water partition coefficient (Wildman–Crippen LogP) is -1.72. The first kappa shape index (κ1) is 39.0. The Morgan fingerprint density at radius 1 is 0.545 bits per heavy atom. The number of nitrogens with one attached hydrogen (secondary N) is 4. The number of ether oxygens (including phenoxy) is 1. The largest absolute Gasteiger partial charge is 0.481 e. The van der Waals surface area contributed by atoms with E-state index in [-0.39, 0.29) is 0 Å². The fourth-order valence-electron chi connectivity index (χ4n) is 3.43. The minimum atomic E-state index is -1.69. The van der Waals surface area contributed by atoms with E-state index >= 15 is 0 Å². The lowest BCUT2D eigenvalue weighted by Crippen LogP contribution is -2.58. The Labute approximate surface area is 251 Å². The van der Waals surface area contributed by atoms with Crippen LogP contribution in [0.2, 0.25) is 0 Å². The zero-order valence-electron chi connectivity index (χ0n) is 24.4. The monoisotopic (exact) mass is 633 g/mol. The topological polar surface area (TPSA) is 318 Å². The number of primary amides is 1. The highest BCUT2D eigenvalue weighted by Crippen LogP contribution is 2.10. The van der Waals surface area contributed by atoms with Crippen LogP contribution in [0.15, 0.2) is 0 Å². The number of hydrogen-bond acceptors (Lipinski definition) is 10. The lowest BCUT2D eigenvalue weighted by molar-refractivity contribution is -0.140. The van der Waals surface area contributed by atoms with E-state index in [2.05, 4.69) is 21.3 Å². The van der Waals surface area contributed by atoms with Crippen molar-refractivity contribution < 1.29 is 68.3 Å². The van der Waals surface area contributed by atoms with Crippen LogP contribution in [0.4, 0.5) is 4.79 Å². The second kappa shape index (κ2) is 18.5. The third kappa shape index (κ3) is 17.8. The van der Waals surface area contributed by atoms with Crippen LogP contribution < -0.4 is 27.0 Å². The summed E-state index contributed by atoms with van der Waals surface area (Å²) in [4.78, 5) is 107. The van der Waals surface area contributed by atoms with Gasteiger partial charge in [-0.2, -0.15) is 0 Å². The number of carboxylic acids is 4. The van der Waals surface area contributed by atoms with Crippen molar-refractivity contribution in [1.29, 1.82) is 0 Å². The maximum atomic E-state index is 13.2. The van der Waals surface area contributed by atoms with Gasteiger partial charge in [0.1, 0.15) is 29.8 Å². The van der Waals surface area contributed by atoms with Crippen molar-refractivity contribution in [2.45, 2.75) is 102 Å². The summed E-state index contributed by atoms with van der Waals surface area (Å²) < 4.78 is 5.07. The first-order valence-corrected chi connectivity index (χ1v) is 13.3. The number of rotatable bonds is 20. The van der Waals surface area contributed by atoms with E-state index < -0.39 is 135 Å². The molecular formula is C25H39N5O14. The van der Waals surface area contributed by atoms with Crippen LogP contribution in [-0.2, 0) is 43.1 Å². The van der Waals surface area contributed by atoms with Gasteiger partial charge in [0.15, 0.2) is 0 Å². The zero-order chi connectivity index (χ0) is 34.2. The van der Waals surface area contributed by atoms with Gasteiger partial charge in [-0.05, 0) is 46.5 Å². The van der Waals surface area contributed by atoms with Crippen LogP contribution in [0.25, 0.3) is 0 Å². The summed E-state index contributed by atoms with van der Waals surface area (Å²) in [6, 6.07) is -6.42. The molecule has 0 unspecified atom stereocenters. The Morgan fingerprint density at radius 2 is 0.818 bits per heavy atom. The lowest BCUT2D eigenvalue weighted by atomic mass is 10.0. The Hall–Kier alpha value is -4.97. The summed E-state index contributed by atoms with van der Waals surface area (Å²) in [6.45, 7) is 4.58. The van der Waals surface area contributed by atoms with Gasteiger partial charge in [0.25, 0.3) is 0 Å². The highest BCUT2D eigenvalue weighted by Gasteiger charge is 2.32. The van der Waals surface area contributed by atoms with Gasteiger partial charge < -0.3 is 52.2 Å². The van der Waals surface area contributed by atoms with Crippen molar-refractivity contribution in [3.63, 3.8) is 0 Å². The quantitative estimate of drug-likeness (QED) is 0.0720. The molecule has 0 saturated heterocycles. The maximum Gasteiger partial charge on any atom is 0.408 e. The predicted molar refractivity (Wildman–Crippen MR) is 146 cm³/mol. The first-order chi connectivity index (χ1) is 20.2. The van der Waals surface area contributed by atoms with Gasteiger partial charge >= 0.3 is 30.0 Å². The number of carbonyl (C=O) groups is 9. The molecule has 19 heteroatoms. The molecule has 0 heterocycles. The van der Waals surface area contributed by atoms with Crippen molar-refractivity contribution in [3.05, 3.63) is 0 Å². The minimum absolute atomic E-state index is 0.421. The molecule has 0 radical (unpaired) electrons. The van der Waals surface area contributed by atoms with Crippen LogP contribution in [0.3, 0.4) is 0 Å². The summed E-state index contributed by atoms with van der Waals surface area (Å²) >= 11 is 0. The minimum Gasteiger partial charge on any atom is -0.481 e. The Kier molecular flexibility index (Phi) is 16.4. The van der Waals surface area contributed by atoms with Crippen LogP contribution in [-0.4, -0.2) is 104 Å². The molecular weight excluding hydrogens is 594 g/mol. The molecule has 5 amide bonds. The molecule has 4 atom stereocenters. The number of aliphatic carboxylic acids is 4. The van der Waals surface area contributed by atoms with Crippen LogP contribution in [0, 0.1) is 0 Å². The van der Waals surface area contributed by atoms with E-state index in [4.69, 9.17) is 30.9 Å². The molecule has 0 aromatic rings. The molecule has 0 aliphatic carbocycles. The van der Waals surface area contributed by atoms with E-state index in [1.54, 1.807) is 0 Å². The average molecular weight is 634 g/mol. The maximum absolute atomic E-state index is 13.2. The zero-order valence-corrected chi connectivity index (χ0v) is 24.4. The number of amides is 5. The Morgan fingerprint density at radius 3 is 1.09 bits per heavy atom. The van der Waals surface area contributed by atoms with Crippen molar-refractivity contribution in [3.8, 4) is 0 Å². The van der Waals surface area contributed by atoms with Gasteiger partial charge in [0.05, 0.1) is 0 Å². The van der Waals surface area contributed by atoms with E-state index in [0.29, 0.717) is 0 Å². The van der Waals surface area contributed by atoms with E-state index in [1.807, 2.05) is 0 Å². The van der Waals surface area contributed by atoms with Crippen molar-refractivity contribution in [2.75, 3.05) is 0 Å². The number of alkyl carbamates (subject to hydrolysis) is 1. The number of hydrogen-bond donors (Lipinski definition) is 9. The second-order valence-electron chi connectivity index (χ2n) is 10.5. The normalized spacial score (nSPS) is 13.6. The summed E-state index contributed by atoms with van der Waals surface area (Å²) in [7, 11) is 0. The molecule has 0 aliphatic heterocycles. The molecule has 10 N–H and O–H groups in total. The Balaban J connectivity index is 6.04. The number of nitrogens with two attached hydrogens (primary N) is 1. The van der Waals surface area contributed by atoms with Gasteiger partial charge in [-0.1, -0.05) is 0 Å². The molecule has 0 aromatic carbocycles. The summed E-state index contributed by atoms with van der Waals surface area (Å²) in [5.74, 6) is -9.88. The number of carboxylic acid groups (broad SMARTS) is 4. The summed E-state index contributed by atoms with van der Waals surface area (Å²) in [5.41, 5.74) is 4.21. The number of carbonyl (C=O) groups excluding carboxylic acids is 5. The molecule has 0 fully saturated rings. The molecule has 0 aromatic heterocycles. The Bertz CT molecular complexity index is 1100. The fourth-order valence-corrected chi connectivity index (χ4v) is 3.43. The molecule has 0 saturated carbocycles. The van der Waals surface area contributed by atoms with Gasteiger partial charge in [-0.15, -0.1) is 0 Å². The highest BCUT2D eigenvalue weighted by atomic mass is 16.6. The SMILES string of the molecule is CC(C)(C)OC(=O)N[C@@H](CCC(=O)O)C(=O)N[C@@H](CCC(=O)O)C(=O)N[C@@H](CCC(=O)O)C(=O)N[C@@H](CCC(=O)O)C(N)=O. The molecule has 0 rings (SSSR count). The molecule has 19 nitrogen and oxygen atoms in total. The smallest absolute Gasteiger partial charge is 0.408 e. The van der Waals surface area contributed by atoms with Crippen molar-refractivity contribution >= 4 is 53.6 Å². The molecule has 0 spiro atoms. The van der Waals surface area contributed by atoms with E-state index in [0.717, 1.165) is 0 Å².